The number of hydrogen-bond acceptors (Lipinski definition) is 5. The predicted octanol–water partition coefficient (Wildman–Crippen LogP) is 4.73. The highest BCUT2D eigenvalue weighted by atomic mass is 32.2. The lowest BCUT2D eigenvalue weighted by Crippen LogP contribution is -2.31. The summed E-state index contributed by atoms with van der Waals surface area (Å²) in [5, 5.41) is 2.92. The number of anilines is 1. The van der Waals surface area contributed by atoms with Crippen LogP contribution >= 0.6 is 11.8 Å². The first-order valence-electron chi connectivity index (χ1n) is 10.4. The fourth-order valence-electron chi connectivity index (χ4n) is 3.22. The smallest absolute Gasteiger partial charge is 0.264 e. The summed E-state index contributed by atoms with van der Waals surface area (Å²) in [6.45, 7) is 5.19. The number of carbonyl (C=O) groups is 2. The second kappa shape index (κ2) is 10.4. The maximum absolute atomic E-state index is 13.0. The number of nitrogens with zero attached hydrogens (tertiary/aromatic N) is 1. The summed E-state index contributed by atoms with van der Waals surface area (Å²) in [6, 6.07) is 11.1. The molecule has 6 nitrogen and oxygen atoms in total. The summed E-state index contributed by atoms with van der Waals surface area (Å²) in [6.07, 6.45) is 3.80. The number of benzene rings is 2. The lowest BCUT2D eigenvalue weighted by Gasteiger charge is -2.27. The number of likely N-dealkylation sites (N-methyl/N-ethyl adjacent to an activating group) is 1. The molecule has 0 aliphatic carbocycles. The molecule has 164 valence electrons. The van der Waals surface area contributed by atoms with E-state index >= 15 is 0 Å². The molecule has 0 spiro atoms. The number of nitrogens with one attached hydrogen (secondary N) is 1. The first kappa shape index (κ1) is 22.7. The Hall–Kier alpha value is -2.93. The zero-order valence-corrected chi connectivity index (χ0v) is 19.2. The molecule has 3 rings (SSSR count). The van der Waals surface area contributed by atoms with E-state index in [2.05, 4.69) is 12.2 Å². The minimum Gasteiger partial charge on any atom is -0.493 e. The summed E-state index contributed by atoms with van der Waals surface area (Å²) in [7, 11) is 3.32. The minimum atomic E-state index is -0.120. The fourth-order valence-corrected chi connectivity index (χ4v) is 4.31. The van der Waals surface area contributed by atoms with Crippen LogP contribution in [0.15, 0.2) is 46.2 Å². The third-order valence-electron chi connectivity index (χ3n) is 4.92. The van der Waals surface area contributed by atoms with Crippen molar-refractivity contribution < 1.29 is 19.1 Å². The van der Waals surface area contributed by atoms with Crippen molar-refractivity contribution in [3.05, 3.63) is 52.4 Å². The molecule has 0 saturated heterocycles. The van der Waals surface area contributed by atoms with Crippen LogP contribution in [0.25, 0.3) is 6.08 Å². The summed E-state index contributed by atoms with van der Waals surface area (Å²) in [5.74, 6) is 1.05. The Balaban J connectivity index is 1.85. The molecule has 0 radical (unpaired) electrons. The van der Waals surface area contributed by atoms with Crippen LogP contribution in [0.1, 0.15) is 42.6 Å². The molecule has 0 bridgehead atoms. The molecule has 7 heteroatoms. The van der Waals surface area contributed by atoms with E-state index in [1.807, 2.05) is 37.3 Å². The molecule has 0 aromatic heterocycles. The van der Waals surface area contributed by atoms with Crippen LogP contribution in [0.4, 0.5) is 5.69 Å². The van der Waals surface area contributed by atoms with Gasteiger partial charge < -0.3 is 19.7 Å². The van der Waals surface area contributed by atoms with E-state index in [1.165, 1.54) is 11.8 Å². The normalized spacial score (nSPS) is 14.4. The highest BCUT2D eigenvalue weighted by Gasteiger charge is 2.27. The summed E-state index contributed by atoms with van der Waals surface area (Å²) in [4.78, 5) is 28.5. The Labute approximate surface area is 187 Å². The van der Waals surface area contributed by atoms with Crippen molar-refractivity contribution in [1.29, 1.82) is 0 Å². The molecule has 0 unspecified atom stereocenters. The third-order valence-corrected chi connectivity index (χ3v) is 6.00. The minimum absolute atomic E-state index is 0.117. The number of amides is 2. The Kier molecular flexibility index (Phi) is 7.63. The lowest BCUT2D eigenvalue weighted by atomic mass is 10.1. The van der Waals surface area contributed by atoms with Gasteiger partial charge in [-0.15, -0.1) is 0 Å². The van der Waals surface area contributed by atoms with E-state index < -0.39 is 0 Å². The molecule has 1 aliphatic rings. The largest absolute Gasteiger partial charge is 0.493 e. The quantitative estimate of drug-likeness (QED) is 0.475. The molecule has 1 aliphatic heterocycles. The SMILES string of the molecule is CCCCNC(=O)c1ccc2c(c1)N(C)C(=O)/C(=C\c1ccc(OCC)c(OC)c1)S2. The van der Waals surface area contributed by atoms with Gasteiger partial charge in [0.15, 0.2) is 11.5 Å². The molecular formula is C24H28N2O4S. The van der Waals surface area contributed by atoms with Gasteiger partial charge in [0.05, 0.1) is 24.3 Å². The molecular weight excluding hydrogens is 412 g/mol. The van der Waals surface area contributed by atoms with Crippen molar-refractivity contribution in [2.75, 3.05) is 32.2 Å². The first-order valence-corrected chi connectivity index (χ1v) is 11.2. The van der Waals surface area contributed by atoms with Gasteiger partial charge in [-0.1, -0.05) is 31.2 Å². The van der Waals surface area contributed by atoms with E-state index in [0.717, 1.165) is 29.0 Å². The average Bonchev–Trinajstić information content (AvgIpc) is 2.78. The molecule has 2 aromatic carbocycles. The molecule has 0 saturated carbocycles. The Morgan fingerprint density at radius 2 is 1.97 bits per heavy atom. The Morgan fingerprint density at radius 1 is 1.16 bits per heavy atom. The number of carbonyl (C=O) groups excluding carboxylic acids is 2. The summed E-state index contributed by atoms with van der Waals surface area (Å²) < 4.78 is 11.0. The zero-order valence-electron chi connectivity index (χ0n) is 18.4. The second-order valence-electron chi connectivity index (χ2n) is 7.11. The van der Waals surface area contributed by atoms with E-state index in [4.69, 9.17) is 9.47 Å². The van der Waals surface area contributed by atoms with Crippen molar-refractivity contribution in [2.24, 2.45) is 0 Å². The Bertz CT molecular complexity index is 1000. The number of unbranched alkanes of at least 4 members (excludes halogenated alkanes) is 1. The fraction of sp³-hybridized carbons (Fsp3) is 0.333. The lowest BCUT2D eigenvalue weighted by molar-refractivity contribution is -0.114. The van der Waals surface area contributed by atoms with Gasteiger partial charge in [-0.3, -0.25) is 9.59 Å². The summed E-state index contributed by atoms with van der Waals surface area (Å²) >= 11 is 1.40. The molecule has 1 heterocycles. The van der Waals surface area contributed by atoms with Gasteiger partial charge >= 0.3 is 0 Å². The van der Waals surface area contributed by atoms with Crippen molar-refractivity contribution in [1.82, 2.24) is 5.32 Å². The van der Waals surface area contributed by atoms with Gasteiger partial charge in [-0.2, -0.15) is 0 Å². The highest BCUT2D eigenvalue weighted by Crippen LogP contribution is 2.42. The van der Waals surface area contributed by atoms with Crippen molar-refractivity contribution in [3.8, 4) is 11.5 Å². The number of fused-ring (bicyclic) bond motifs is 1. The van der Waals surface area contributed by atoms with E-state index in [1.54, 1.807) is 31.2 Å². The number of thioether (sulfide) groups is 1. The van der Waals surface area contributed by atoms with Crippen LogP contribution in [0.2, 0.25) is 0 Å². The van der Waals surface area contributed by atoms with Crippen LogP contribution in [0.5, 0.6) is 11.5 Å². The maximum atomic E-state index is 13.0. The topological polar surface area (TPSA) is 67.9 Å². The van der Waals surface area contributed by atoms with Crippen molar-refractivity contribution in [2.45, 2.75) is 31.6 Å². The molecule has 0 fully saturated rings. The van der Waals surface area contributed by atoms with Crippen LogP contribution in [-0.2, 0) is 4.79 Å². The second-order valence-corrected chi connectivity index (χ2v) is 8.19. The maximum Gasteiger partial charge on any atom is 0.264 e. The number of hydrogen-bond donors (Lipinski definition) is 1. The predicted molar refractivity (Wildman–Crippen MR) is 125 cm³/mol. The Morgan fingerprint density at radius 3 is 2.68 bits per heavy atom. The molecule has 31 heavy (non-hydrogen) atoms. The van der Waals surface area contributed by atoms with Gasteiger partial charge in [0.25, 0.3) is 11.8 Å². The van der Waals surface area contributed by atoms with Crippen LogP contribution in [-0.4, -0.2) is 39.1 Å². The summed E-state index contributed by atoms with van der Waals surface area (Å²) in [5.41, 5.74) is 2.14. The molecule has 2 aromatic rings. The number of methoxy groups -OCH3 is 1. The van der Waals surface area contributed by atoms with Crippen LogP contribution in [0, 0.1) is 0 Å². The third kappa shape index (κ3) is 5.22. The van der Waals surface area contributed by atoms with Gasteiger partial charge in [0, 0.05) is 24.1 Å². The standard InChI is InChI=1S/C24H28N2O4S/c1-5-7-12-25-23(27)17-9-11-21-18(15-17)26(3)24(28)22(31-21)14-16-8-10-19(30-6-2)20(13-16)29-4/h8-11,13-15H,5-7,12H2,1-4H3,(H,25,27)/b22-14+. The number of rotatable bonds is 8. The van der Waals surface area contributed by atoms with E-state index in [9.17, 15) is 9.59 Å². The highest BCUT2D eigenvalue weighted by molar-refractivity contribution is 8.04. The number of ether oxygens (including phenoxy) is 2. The van der Waals surface area contributed by atoms with Crippen molar-refractivity contribution in [3.63, 3.8) is 0 Å². The first-order chi connectivity index (χ1) is 15.0. The molecule has 1 N–H and O–H groups in total. The molecule has 2 amide bonds. The van der Waals surface area contributed by atoms with Gasteiger partial charge in [0.2, 0.25) is 0 Å². The van der Waals surface area contributed by atoms with Crippen LogP contribution < -0.4 is 19.7 Å². The van der Waals surface area contributed by atoms with Gasteiger partial charge in [-0.05, 0) is 55.3 Å². The average molecular weight is 441 g/mol. The van der Waals surface area contributed by atoms with E-state index in [0.29, 0.717) is 35.1 Å². The van der Waals surface area contributed by atoms with Gasteiger partial charge in [-0.25, -0.2) is 0 Å². The monoisotopic (exact) mass is 440 g/mol. The van der Waals surface area contributed by atoms with E-state index in [-0.39, 0.29) is 11.8 Å². The van der Waals surface area contributed by atoms with Gasteiger partial charge in [0.1, 0.15) is 0 Å². The zero-order chi connectivity index (χ0) is 22.4. The molecule has 0 atom stereocenters. The van der Waals surface area contributed by atoms with Crippen molar-refractivity contribution >= 4 is 35.3 Å². The van der Waals surface area contributed by atoms with Crippen LogP contribution in [0.3, 0.4) is 0 Å².